The van der Waals surface area contributed by atoms with E-state index in [1.807, 2.05) is 5.32 Å². The third kappa shape index (κ3) is 12.1. The second kappa shape index (κ2) is 16.6. The molecule has 0 bridgehead atoms. The zero-order valence-corrected chi connectivity index (χ0v) is 31.0. The number of alkyl halides is 6. The highest BCUT2D eigenvalue weighted by atomic mass is 35.5. The molecule has 55 heavy (non-hydrogen) atoms. The van der Waals surface area contributed by atoms with Gasteiger partial charge in [0.15, 0.2) is 0 Å². The smallest absolute Gasteiger partial charge is 0.416 e. The lowest BCUT2D eigenvalue weighted by molar-refractivity contribution is -0.148. The van der Waals surface area contributed by atoms with Crippen molar-refractivity contribution < 1.29 is 64.9 Å². The molecule has 3 aromatic carbocycles. The Morgan fingerprint density at radius 3 is 1.85 bits per heavy atom. The van der Waals surface area contributed by atoms with Gasteiger partial charge in [-0.25, -0.2) is 9.59 Å². The third-order valence-electron chi connectivity index (χ3n) is 7.91. The average molecular weight is 802 g/mol. The number of carbonyl (C=O) groups excluding carboxylic acids is 4. The Labute approximate surface area is 316 Å². The van der Waals surface area contributed by atoms with Crippen LogP contribution in [0.5, 0.6) is 5.75 Å². The summed E-state index contributed by atoms with van der Waals surface area (Å²) in [7, 11) is 0. The molecule has 18 heteroatoms. The summed E-state index contributed by atoms with van der Waals surface area (Å²) in [6.45, 7) is 9.03. The zero-order valence-electron chi connectivity index (χ0n) is 30.3. The molecule has 3 aromatic rings. The van der Waals surface area contributed by atoms with Gasteiger partial charge in [0, 0.05) is 17.1 Å². The minimum absolute atomic E-state index is 0.128. The van der Waals surface area contributed by atoms with Crippen molar-refractivity contribution in [2.45, 2.75) is 83.9 Å². The van der Waals surface area contributed by atoms with Crippen LogP contribution in [-0.4, -0.2) is 52.1 Å². The molecule has 0 fully saturated rings. The fraction of sp³-hybridized carbons (Fsp3) is 0.378. The molecule has 0 aliphatic rings. The summed E-state index contributed by atoms with van der Waals surface area (Å²) in [5.41, 5.74) is -9.09. The summed E-state index contributed by atoms with van der Waals surface area (Å²) in [6.07, 6.45) is -12.8. The maximum absolute atomic E-state index is 14.2. The highest BCUT2D eigenvalue weighted by Crippen LogP contribution is 2.38. The monoisotopic (exact) mass is 801 g/mol. The second-order valence-corrected chi connectivity index (χ2v) is 14.8. The molecule has 3 rings (SSSR count). The Morgan fingerprint density at radius 2 is 1.36 bits per heavy atom. The molecule has 0 aliphatic heterocycles. The van der Waals surface area contributed by atoms with Crippen LogP contribution in [0.1, 0.15) is 75.0 Å². The van der Waals surface area contributed by atoms with E-state index in [4.69, 9.17) is 21.1 Å². The van der Waals surface area contributed by atoms with Crippen molar-refractivity contribution in [2.24, 2.45) is 5.41 Å². The Balaban J connectivity index is 2.06. The molecule has 3 amide bonds. The first kappa shape index (κ1) is 44.1. The van der Waals surface area contributed by atoms with Crippen molar-refractivity contribution in [3.05, 3.63) is 94.0 Å². The van der Waals surface area contributed by atoms with E-state index in [1.165, 1.54) is 26.8 Å². The Kier molecular flexibility index (Phi) is 13.3. The average Bonchev–Trinajstić information content (AvgIpc) is 3.02. The Morgan fingerprint density at radius 1 is 0.800 bits per heavy atom. The van der Waals surface area contributed by atoms with E-state index in [-0.39, 0.29) is 29.6 Å². The first-order valence-electron chi connectivity index (χ1n) is 16.3. The van der Waals surface area contributed by atoms with Crippen LogP contribution < -0.4 is 20.7 Å². The zero-order chi connectivity index (χ0) is 41.7. The number of esters is 1. The van der Waals surface area contributed by atoms with Gasteiger partial charge in [0.1, 0.15) is 22.9 Å². The van der Waals surface area contributed by atoms with E-state index in [9.17, 15) is 55.4 Å². The predicted octanol–water partition coefficient (Wildman–Crippen LogP) is 8.05. The molecular weight excluding hydrogens is 764 g/mol. The van der Waals surface area contributed by atoms with Crippen LogP contribution in [0.3, 0.4) is 0 Å². The maximum Gasteiger partial charge on any atom is 0.416 e. The molecule has 0 heterocycles. The summed E-state index contributed by atoms with van der Waals surface area (Å²) in [4.78, 5) is 66.7. The summed E-state index contributed by atoms with van der Waals surface area (Å²) in [5.74, 6) is -5.77. The second-order valence-electron chi connectivity index (χ2n) is 14.4. The number of alkyl carbamates (subject to hydrolysis) is 1. The maximum atomic E-state index is 14.2. The number of amides is 3. The summed E-state index contributed by atoms with van der Waals surface area (Å²) in [6, 6.07) is 9.97. The number of hydrogen-bond donors (Lipinski definition) is 4. The van der Waals surface area contributed by atoms with Gasteiger partial charge >= 0.3 is 30.4 Å². The molecule has 0 unspecified atom stereocenters. The standard InChI is InChI=1S/C37H38ClF6N3O8/c1-33(2,3)35(19-28(48)49,47-32(53)55-34(4,5)6)31(52)46-26(14-20-10-8-7-9-11-20)30(51)54-27-13-12-23(38)18-25(27)29(50)45-24-16-21(36(39,40)41)15-22(17-24)37(42,43)44/h7-13,15-18,26H,14,19H2,1-6H3,(H,45,50)(H,46,52)(H,47,53)(H,48,49)/t26-,35-/m0/s1. The quantitative estimate of drug-likeness (QED) is 0.0861. The van der Waals surface area contributed by atoms with Crippen LogP contribution >= 0.6 is 11.6 Å². The summed E-state index contributed by atoms with van der Waals surface area (Å²) < 4.78 is 91.6. The van der Waals surface area contributed by atoms with Crippen LogP contribution in [0.25, 0.3) is 0 Å². The van der Waals surface area contributed by atoms with Crippen molar-refractivity contribution in [1.29, 1.82) is 0 Å². The van der Waals surface area contributed by atoms with Gasteiger partial charge in [-0.15, -0.1) is 0 Å². The molecule has 298 valence electrons. The summed E-state index contributed by atoms with van der Waals surface area (Å²) >= 11 is 6.06. The van der Waals surface area contributed by atoms with Gasteiger partial charge < -0.3 is 30.5 Å². The highest BCUT2D eigenvalue weighted by molar-refractivity contribution is 6.31. The minimum atomic E-state index is -5.22. The lowest BCUT2D eigenvalue weighted by Crippen LogP contribution is -2.68. The van der Waals surface area contributed by atoms with Gasteiger partial charge in [-0.1, -0.05) is 62.7 Å². The number of benzene rings is 3. The van der Waals surface area contributed by atoms with Gasteiger partial charge in [0.05, 0.1) is 23.1 Å². The van der Waals surface area contributed by atoms with E-state index in [0.717, 1.165) is 12.1 Å². The molecule has 0 radical (unpaired) electrons. The third-order valence-corrected chi connectivity index (χ3v) is 8.15. The van der Waals surface area contributed by atoms with Gasteiger partial charge in [-0.2, -0.15) is 26.3 Å². The van der Waals surface area contributed by atoms with E-state index in [2.05, 4.69) is 10.6 Å². The molecule has 4 N–H and O–H groups in total. The first-order valence-corrected chi connectivity index (χ1v) is 16.7. The molecule has 0 saturated heterocycles. The van der Waals surface area contributed by atoms with Gasteiger partial charge in [-0.05, 0) is 68.1 Å². The largest absolute Gasteiger partial charge is 0.481 e. The van der Waals surface area contributed by atoms with E-state index < -0.39 is 99.3 Å². The van der Waals surface area contributed by atoms with Crippen molar-refractivity contribution in [3.8, 4) is 5.75 Å². The topological polar surface area (TPSA) is 160 Å². The number of nitrogens with one attached hydrogen (secondary N) is 3. The van der Waals surface area contributed by atoms with E-state index in [0.29, 0.717) is 5.56 Å². The number of halogens is 7. The van der Waals surface area contributed by atoms with Crippen molar-refractivity contribution in [3.63, 3.8) is 0 Å². The van der Waals surface area contributed by atoms with Gasteiger partial charge in [0.2, 0.25) is 5.91 Å². The minimum Gasteiger partial charge on any atom is -0.481 e. The van der Waals surface area contributed by atoms with Crippen LogP contribution in [0.15, 0.2) is 66.7 Å². The van der Waals surface area contributed by atoms with Crippen molar-refractivity contribution in [1.82, 2.24) is 10.6 Å². The van der Waals surface area contributed by atoms with Gasteiger partial charge in [0.25, 0.3) is 5.91 Å². The first-order chi connectivity index (χ1) is 25.1. The number of rotatable bonds is 11. The number of carbonyl (C=O) groups is 5. The fourth-order valence-electron chi connectivity index (χ4n) is 5.18. The number of anilines is 1. The molecule has 0 aliphatic carbocycles. The number of carboxylic acids is 1. The molecular formula is C37H38ClF6N3O8. The SMILES string of the molecule is CC(C)(C)OC(=O)N[C@@](CC(=O)O)(C(=O)N[C@@H](Cc1ccccc1)C(=O)Oc1ccc(Cl)cc1C(=O)Nc1cc(C(F)(F)F)cc(C(F)(F)F)c1)C(C)(C)C. The number of carboxylic acid groups (broad SMARTS) is 1. The lowest BCUT2D eigenvalue weighted by atomic mass is 9.70. The van der Waals surface area contributed by atoms with E-state index in [1.54, 1.807) is 51.1 Å². The van der Waals surface area contributed by atoms with Gasteiger partial charge in [-0.3, -0.25) is 14.4 Å². The number of aliphatic carboxylic acids is 1. The Hall–Kier alpha value is -5.32. The molecule has 11 nitrogen and oxygen atoms in total. The predicted molar refractivity (Wildman–Crippen MR) is 187 cm³/mol. The Bertz CT molecular complexity index is 1890. The van der Waals surface area contributed by atoms with Crippen LogP contribution in [0.2, 0.25) is 5.02 Å². The number of hydrogen-bond acceptors (Lipinski definition) is 7. The van der Waals surface area contributed by atoms with Crippen LogP contribution in [-0.2, 0) is 37.9 Å². The molecule has 2 atom stereocenters. The van der Waals surface area contributed by atoms with Crippen molar-refractivity contribution >= 4 is 47.1 Å². The number of ether oxygens (including phenoxy) is 2. The normalized spacial score (nSPS) is 13.8. The molecule has 0 spiro atoms. The fourth-order valence-corrected chi connectivity index (χ4v) is 5.35. The summed E-state index contributed by atoms with van der Waals surface area (Å²) in [5, 5.41) is 16.5. The molecule has 0 aromatic heterocycles. The molecule has 0 saturated carbocycles. The highest BCUT2D eigenvalue weighted by Gasteiger charge is 2.53. The van der Waals surface area contributed by atoms with Crippen LogP contribution in [0, 0.1) is 5.41 Å². The van der Waals surface area contributed by atoms with Crippen molar-refractivity contribution in [2.75, 3.05) is 5.32 Å². The van der Waals surface area contributed by atoms with E-state index >= 15 is 0 Å². The lowest BCUT2D eigenvalue weighted by Gasteiger charge is -2.43. The van der Waals surface area contributed by atoms with Crippen LogP contribution in [0.4, 0.5) is 36.8 Å².